The van der Waals surface area contributed by atoms with E-state index in [0.717, 1.165) is 23.2 Å². The van der Waals surface area contributed by atoms with Crippen molar-refractivity contribution in [1.29, 1.82) is 0 Å². The average Bonchev–Trinajstić information content (AvgIpc) is 3.09. The first-order valence-electron chi connectivity index (χ1n) is 9.12. The van der Waals surface area contributed by atoms with Crippen LogP contribution in [0, 0.1) is 6.92 Å². The van der Waals surface area contributed by atoms with Gasteiger partial charge in [-0.25, -0.2) is 0 Å². The third kappa shape index (κ3) is 3.52. The number of benzene rings is 2. The van der Waals surface area contributed by atoms with Crippen molar-refractivity contribution in [3.05, 3.63) is 70.8 Å². The molecule has 1 amide bonds. The van der Waals surface area contributed by atoms with Crippen molar-refractivity contribution in [2.45, 2.75) is 32.2 Å². The first kappa shape index (κ1) is 16.1. The van der Waals surface area contributed by atoms with Crippen LogP contribution in [0.4, 0.5) is 5.69 Å². The molecular weight excluding hydrogens is 308 g/mol. The van der Waals surface area contributed by atoms with E-state index in [1.54, 1.807) is 6.08 Å². The lowest BCUT2D eigenvalue weighted by Crippen LogP contribution is -2.30. The predicted molar refractivity (Wildman–Crippen MR) is 103 cm³/mol. The number of hydrogen-bond acceptors (Lipinski definition) is 2. The van der Waals surface area contributed by atoms with Crippen LogP contribution in [0.1, 0.15) is 41.1 Å². The van der Waals surface area contributed by atoms with Gasteiger partial charge in [0.1, 0.15) is 0 Å². The van der Waals surface area contributed by atoms with Gasteiger partial charge < -0.3 is 5.32 Å². The van der Waals surface area contributed by atoms with Crippen molar-refractivity contribution >= 4 is 17.7 Å². The van der Waals surface area contributed by atoms with Gasteiger partial charge in [-0.2, -0.15) is 0 Å². The molecule has 0 radical (unpaired) electrons. The van der Waals surface area contributed by atoms with E-state index in [4.69, 9.17) is 0 Å². The molecule has 128 valence electrons. The Bertz CT molecular complexity index is 825. The minimum Gasteiger partial charge on any atom is -0.323 e. The van der Waals surface area contributed by atoms with Gasteiger partial charge in [0.2, 0.25) is 5.91 Å². The molecule has 2 heterocycles. The fraction of sp³-hybridized carbons (Fsp3) is 0.318. The molecule has 0 aliphatic carbocycles. The summed E-state index contributed by atoms with van der Waals surface area (Å²) in [5.41, 5.74) is 6.01. The summed E-state index contributed by atoms with van der Waals surface area (Å²) in [5.74, 6) is -0.0918. The molecule has 1 N–H and O–H groups in total. The number of anilines is 1. The molecule has 4 rings (SSSR count). The maximum Gasteiger partial charge on any atom is 0.248 e. The quantitative estimate of drug-likeness (QED) is 0.848. The van der Waals surface area contributed by atoms with Crippen LogP contribution in [-0.4, -0.2) is 23.9 Å². The van der Waals surface area contributed by atoms with Crippen molar-refractivity contribution in [2.75, 3.05) is 18.4 Å². The summed E-state index contributed by atoms with van der Waals surface area (Å²) < 4.78 is 0. The van der Waals surface area contributed by atoms with Gasteiger partial charge in [-0.3, -0.25) is 9.69 Å². The Morgan fingerprint density at radius 2 is 2.12 bits per heavy atom. The van der Waals surface area contributed by atoms with E-state index in [9.17, 15) is 4.79 Å². The minimum atomic E-state index is -0.0918. The zero-order chi connectivity index (χ0) is 17.2. The smallest absolute Gasteiger partial charge is 0.248 e. The van der Waals surface area contributed by atoms with E-state index in [1.807, 2.05) is 37.3 Å². The Labute approximate surface area is 149 Å². The van der Waals surface area contributed by atoms with Crippen LogP contribution in [0.15, 0.2) is 48.5 Å². The molecule has 0 spiro atoms. The zero-order valence-electron chi connectivity index (χ0n) is 14.7. The first-order valence-corrected chi connectivity index (χ1v) is 9.12. The van der Waals surface area contributed by atoms with Crippen molar-refractivity contribution in [1.82, 2.24) is 4.90 Å². The van der Waals surface area contributed by atoms with E-state index < -0.39 is 0 Å². The average molecular weight is 332 g/mol. The Balaban J connectivity index is 1.48. The van der Waals surface area contributed by atoms with Crippen LogP contribution in [0.5, 0.6) is 0 Å². The van der Waals surface area contributed by atoms with E-state index >= 15 is 0 Å². The van der Waals surface area contributed by atoms with Gasteiger partial charge in [-0.05, 0) is 79.3 Å². The van der Waals surface area contributed by atoms with Gasteiger partial charge in [-0.15, -0.1) is 0 Å². The second-order valence-corrected chi connectivity index (χ2v) is 7.09. The summed E-state index contributed by atoms with van der Waals surface area (Å²) in [6, 6.07) is 15.1. The van der Waals surface area contributed by atoms with Gasteiger partial charge in [-0.1, -0.05) is 24.3 Å². The van der Waals surface area contributed by atoms with Crippen molar-refractivity contribution in [2.24, 2.45) is 0 Å². The second kappa shape index (κ2) is 6.85. The summed E-state index contributed by atoms with van der Waals surface area (Å²) >= 11 is 0. The Kier molecular flexibility index (Phi) is 4.41. The summed E-state index contributed by atoms with van der Waals surface area (Å²) in [7, 11) is 0. The molecule has 2 aliphatic rings. The lowest BCUT2D eigenvalue weighted by atomic mass is 9.91. The molecule has 1 atom stereocenters. The lowest BCUT2D eigenvalue weighted by Gasteiger charge is -2.32. The third-order valence-corrected chi connectivity index (χ3v) is 5.27. The number of nitrogens with one attached hydrogen (secondary N) is 1. The molecule has 25 heavy (non-hydrogen) atoms. The van der Waals surface area contributed by atoms with Crippen molar-refractivity contribution in [3.8, 4) is 0 Å². The van der Waals surface area contributed by atoms with E-state index in [2.05, 4.69) is 28.4 Å². The molecule has 3 nitrogen and oxygen atoms in total. The highest BCUT2D eigenvalue weighted by atomic mass is 16.1. The summed E-state index contributed by atoms with van der Waals surface area (Å²) in [4.78, 5) is 14.8. The number of carbonyl (C=O) groups excluding carboxylic acids is 1. The molecule has 2 aromatic rings. The Morgan fingerprint density at radius 1 is 1.20 bits per heavy atom. The van der Waals surface area contributed by atoms with Crippen LogP contribution in [0.25, 0.3) is 6.08 Å². The van der Waals surface area contributed by atoms with Crippen molar-refractivity contribution < 1.29 is 4.79 Å². The largest absolute Gasteiger partial charge is 0.323 e. The summed E-state index contributed by atoms with van der Waals surface area (Å²) in [6.07, 6.45) is 7.24. The molecule has 0 aromatic heterocycles. The SMILES string of the molecule is Cc1cccc(NC(=O)C=Cc2ccc3c(c2)C2CCCN2CC3)c1. The molecule has 0 saturated carbocycles. The Hall–Kier alpha value is -2.39. The number of nitrogens with zero attached hydrogens (tertiary/aromatic N) is 1. The van der Waals surface area contributed by atoms with Gasteiger partial charge in [0.25, 0.3) is 0 Å². The summed E-state index contributed by atoms with van der Waals surface area (Å²) in [5, 5.41) is 2.92. The van der Waals surface area contributed by atoms with Gasteiger partial charge in [0, 0.05) is 24.4 Å². The fourth-order valence-corrected chi connectivity index (χ4v) is 4.04. The molecule has 2 aromatic carbocycles. The number of rotatable bonds is 3. The van der Waals surface area contributed by atoms with Gasteiger partial charge >= 0.3 is 0 Å². The van der Waals surface area contributed by atoms with Crippen LogP contribution < -0.4 is 5.32 Å². The summed E-state index contributed by atoms with van der Waals surface area (Å²) in [6.45, 7) is 4.43. The molecule has 2 aliphatic heterocycles. The first-order chi connectivity index (χ1) is 12.2. The van der Waals surface area contributed by atoms with Crippen LogP contribution in [0.3, 0.4) is 0 Å². The second-order valence-electron chi connectivity index (χ2n) is 7.09. The minimum absolute atomic E-state index is 0.0918. The molecule has 1 unspecified atom stereocenters. The highest BCUT2D eigenvalue weighted by molar-refractivity contribution is 6.01. The highest BCUT2D eigenvalue weighted by Crippen LogP contribution is 2.37. The molecular formula is C22H24N2O. The number of carbonyl (C=O) groups is 1. The number of amides is 1. The maximum atomic E-state index is 12.2. The molecule has 0 bridgehead atoms. The van der Waals surface area contributed by atoms with Gasteiger partial charge in [0.15, 0.2) is 0 Å². The van der Waals surface area contributed by atoms with E-state index in [0.29, 0.717) is 6.04 Å². The van der Waals surface area contributed by atoms with E-state index in [1.165, 1.54) is 37.1 Å². The number of hydrogen-bond donors (Lipinski definition) is 1. The maximum absolute atomic E-state index is 12.2. The topological polar surface area (TPSA) is 32.3 Å². The normalized spacial score (nSPS) is 19.6. The van der Waals surface area contributed by atoms with E-state index in [-0.39, 0.29) is 5.91 Å². The zero-order valence-corrected chi connectivity index (χ0v) is 14.7. The fourth-order valence-electron chi connectivity index (χ4n) is 4.04. The van der Waals surface area contributed by atoms with Gasteiger partial charge in [0.05, 0.1) is 0 Å². The van der Waals surface area contributed by atoms with Crippen molar-refractivity contribution in [3.63, 3.8) is 0 Å². The lowest BCUT2D eigenvalue weighted by molar-refractivity contribution is -0.111. The standard InChI is InChI=1S/C22H24N2O/c1-16-4-2-5-19(14-16)23-22(25)10-8-17-7-9-18-11-13-24-12-3-6-21(24)20(18)15-17/h2,4-5,7-10,14-15,21H,3,6,11-13H2,1H3,(H,23,25). The van der Waals surface area contributed by atoms with Crippen LogP contribution in [-0.2, 0) is 11.2 Å². The molecule has 1 saturated heterocycles. The van der Waals surface area contributed by atoms with Crippen LogP contribution in [0.2, 0.25) is 0 Å². The number of aryl methyl sites for hydroxylation is 1. The highest BCUT2D eigenvalue weighted by Gasteiger charge is 2.30. The third-order valence-electron chi connectivity index (χ3n) is 5.27. The molecule has 1 fully saturated rings. The molecule has 3 heteroatoms. The predicted octanol–water partition coefficient (Wildman–Crippen LogP) is 4.34. The Morgan fingerprint density at radius 3 is 3.00 bits per heavy atom. The monoisotopic (exact) mass is 332 g/mol. The number of fused-ring (bicyclic) bond motifs is 3. The van der Waals surface area contributed by atoms with Crippen LogP contribution >= 0.6 is 0 Å².